The third-order valence-corrected chi connectivity index (χ3v) is 2.43. The van der Waals surface area contributed by atoms with Crippen LogP contribution in [0.4, 0.5) is 5.00 Å². The molecule has 0 radical (unpaired) electrons. The zero-order valence-corrected chi connectivity index (χ0v) is 9.10. The van der Waals surface area contributed by atoms with Gasteiger partial charge in [-0.05, 0) is 18.4 Å². The fourth-order valence-corrected chi connectivity index (χ4v) is 1.74. The van der Waals surface area contributed by atoms with Gasteiger partial charge in [-0.3, -0.25) is 4.79 Å². The van der Waals surface area contributed by atoms with Crippen LogP contribution in [0.2, 0.25) is 0 Å². The molecular formula is C9H12N2O3S. The van der Waals surface area contributed by atoms with E-state index >= 15 is 0 Å². The summed E-state index contributed by atoms with van der Waals surface area (Å²) in [5.74, 6) is -0.769. The second-order valence-corrected chi connectivity index (χ2v) is 3.55. The van der Waals surface area contributed by atoms with Crippen molar-refractivity contribution in [3.05, 3.63) is 17.0 Å². The van der Waals surface area contributed by atoms with Crippen LogP contribution in [0.15, 0.2) is 11.4 Å². The third kappa shape index (κ3) is 3.03. The first-order valence-corrected chi connectivity index (χ1v) is 5.31. The van der Waals surface area contributed by atoms with Gasteiger partial charge in [-0.15, -0.1) is 11.3 Å². The fraction of sp³-hybridized carbons (Fsp3) is 0.333. The Hall–Kier alpha value is -1.40. The molecule has 0 bridgehead atoms. The maximum Gasteiger partial charge on any atom is 0.341 e. The van der Waals surface area contributed by atoms with Gasteiger partial charge < -0.3 is 15.8 Å². The van der Waals surface area contributed by atoms with E-state index in [1.807, 2.05) is 0 Å². The number of amides is 1. The van der Waals surface area contributed by atoms with E-state index in [1.165, 1.54) is 11.3 Å². The minimum absolute atomic E-state index is 0.111. The Morgan fingerprint density at radius 1 is 1.60 bits per heavy atom. The maximum absolute atomic E-state index is 11.4. The summed E-state index contributed by atoms with van der Waals surface area (Å²) in [6, 6.07) is 1.61. The molecule has 0 spiro atoms. The molecule has 6 heteroatoms. The lowest BCUT2D eigenvalue weighted by atomic mass is 10.3. The number of esters is 1. The lowest BCUT2D eigenvalue weighted by Crippen LogP contribution is -2.22. The summed E-state index contributed by atoms with van der Waals surface area (Å²) >= 11 is 1.26. The number of carbonyl (C=O) groups excluding carboxylic acids is 2. The van der Waals surface area contributed by atoms with E-state index in [0.29, 0.717) is 17.2 Å². The average Bonchev–Trinajstić information content (AvgIpc) is 2.66. The van der Waals surface area contributed by atoms with Crippen LogP contribution < -0.4 is 11.1 Å². The van der Waals surface area contributed by atoms with Gasteiger partial charge in [-0.2, -0.15) is 0 Å². The van der Waals surface area contributed by atoms with Crippen molar-refractivity contribution >= 4 is 28.2 Å². The minimum atomic E-state index is -0.439. The highest BCUT2D eigenvalue weighted by molar-refractivity contribution is 7.14. The molecule has 0 aromatic carbocycles. The predicted octanol–water partition coefficient (Wildman–Crippen LogP) is 0.822. The van der Waals surface area contributed by atoms with Gasteiger partial charge in [0.05, 0.1) is 18.7 Å². The zero-order chi connectivity index (χ0) is 11.3. The molecular weight excluding hydrogens is 216 g/mol. The van der Waals surface area contributed by atoms with Crippen molar-refractivity contribution in [2.24, 2.45) is 5.73 Å². The van der Waals surface area contributed by atoms with Crippen molar-refractivity contribution in [3.8, 4) is 0 Å². The first-order chi connectivity index (χ1) is 7.19. The highest BCUT2D eigenvalue weighted by Gasteiger charge is 2.14. The molecule has 0 saturated carbocycles. The van der Waals surface area contributed by atoms with E-state index in [-0.39, 0.29) is 12.5 Å². The van der Waals surface area contributed by atoms with Crippen molar-refractivity contribution in [3.63, 3.8) is 0 Å². The van der Waals surface area contributed by atoms with Crippen LogP contribution in [-0.4, -0.2) is 25.0 Å². The molecule has 1 aromatic heterocycles. The van der Waals surface area contributed by atoms with Gasteiger partial charge in [0, 0.05) is 0 Å². The predicted molar refractivity (Wildman–Crippen MR) is 58.0 cm³/mol. The number of rotatable bonds is 4. The summed E-state index contributed by atoms with van der Waals surface area (Å²) in [6.07, 6.45) is 0. The SMILES string of the molecule is CCOC(=O)c1ccsc1NC(=O)CN. The van der Waals surface area contributed by atoms with Gasteiger partial charge in [0.2, 0.25) is 5.91 Å². The van der Waals surface area contributed by atoms with Crippen LogP contribution in [0.3, 0.4) is 0 Å². The second kappa shape index (κ2) is 5.47. The Labute approximate surface area is 91.2 Å². The van der Waals surface area contributed by atoms with E-state index in [9.17, 15) is 9.59 Å². The topological polar surface area (TPSA) is 81.4 Å². The Morgan fingerprint density at radius 2 is 2.33 bits per heavy atom. The van der Waals surface area contributed by atoms with E-state index in [4.69, 9.17) is 10.5 Å². The summed E-state index contributed by atoms with van der Waals surface area (Å²) in [4.78, 5) is 22.4. The molecule has 0 unspecified atom stereocenters. The molecule has 0 aliphatic carbocycles. The van der Waals surface area contributed by atoms with E-state index in [0.717, 1.165) is 0 Å². The van der Waals surface area contributed by atoms with Crippen LogP contribution in [0.1, 0.15) is 17.3 Å². The highest BCUT2D eigenvalue weighted by atomic mass is 32.1. The molecule has 1 rings (SSSR count). The molecule has 0 fully saturated rings. The molecule has 0 saturated heterocycles. The van der Waals surface area contributed by atoms with Gasteiger partial charge in [0.1, 0.15) is 5.00 Å². The third-order valence-electron chi connectivity index (χ3n) is 1.60. The average molecular weight is 228 g/mol. The Bertz CT molecular complexity index is 362. The quantitative estimate of drug-likeness (QED) is 0.748. The number of nitrogens with one attached hydrogen (secondary N) is 1. The Kier molecular flexibility index (Phi) is 4.26. The molecule has 0 aliphatic heterocycles. The van der Waals surface area contributed by atoms with Crippen LogP contribution in [0.25, 0.3) is 0 Å². The molecule has 15 heavy (non-hydrogen) atoms. The molecule has 1 amide bonds. The molecule has 0 atom stereocenters. The number of carbonyl (C=O) groups is 2. The van der Waals surface area contributed by atoms with Crippen LogP contribution in [0.5, 0.6) is 0 Å². The van der Waals surface area contributed by atoms with Gasteiger partial charge in [-0.25, -0.2) is 4.79 Å². The molecule has 1 heterocycles. The monoisotopic (exact) mass is 228 g/mol. The van der Waals surface area contributed by atoms with Crippen LogP contribution in [-0.2, 0) is 9.53 Å². The van der Waals surface area contributed by atoms with Crippen molar-refractivity contribution in [2.45, 2.75) is 6.92 Å². The number of thiophene rings is 1. The van der Waals surface area contributed by atoms with Gasteiger partial charge in [0.25, 0.3) is 0 Å². The maximum atomic E-state index is 11.4. The lowest BCUT2D eigenvalue weighted by molar-refractivity contribution is -0.114. The summed E-state index contributed by atoms with van der Waals surface area (Å²) in [5.41, 5.74) is 5.51. The van der Waals surface area contributed by atoms with Crippen LogP contribution in [0, 0.1) is 0 Å². The number of ether oxygens (including phenoxy) is 1. The number of anilines is 1. The minimum Gasteiger partial charge on any atom is -0.462 e. The second-order valence-electron chi connectivity index (χ2n) is 2.64. The zero-order valence-electron chi connectivity index (χ0n) is 8.28. The van der Waals surface area contributed by atoms with E-state index in [1.54, 1.807) is 18.4 Å². The first-order valence-electron chi connectivity index (χ1n) is 4.43. The van der Waals surface area contributed by atoms with Crippen molar-refractivity contribution < 1.29 is 14.3 Å². The Balaban J connectivity index is 2.77. The summed E-state index contributed by atoms with van der Waals surface area (Å²) < 4.78 is 4.83. The molecule has 3 N–H and O–H groups in total. The molecule has 0 aliphatic rings. The molecule has 5 nitrogen and oxygen atoms in total. The molecule has 82 valence electrons. The van der Waals surface area contributed by atoms with E-state index in [2.05, 4.69) is 5.32 Å². The van der Waals surface area contributed by atoms with E-state index < -0.39 is 5.97 Å². The summed E-state index contributed by atoms with van der Waals surface area (Å²) in [7, 11) is 0. The van der Waals surface area contributed by atoms with Gasteiger partial charge >= 0.3 is 5.97 Å². The van der Waals surface area contributed by atoms with Crippen molar-refractivity contribution in [1.29, 1.82) is 0 Å². The van der Waals surface area contributed by atoms with Gasteiger partial charge in [-0.1, -0.05) is 0 Å². The smallest absolute Gasteiger partial charge is 0.341 e. The largest absolute Gasteiger partial charge is 0.462 e. The molecule has 1 aromatic rings. The first kappa shape index (κ1) is 11.7. The van der Waals surface area contributed by atoms with Crippen molar-refractivity contribution in [1.82, 2.24) is 0 Å². The highest BCUT2D eigenvalue weighted by Crippen LogP contribution is 2.23. The summed E-state index contributed by atoms with van der Waals surface area (Å²) in [6.45, 7) is 1.92. The lowest BCUT2D eigenvalue weighted by Gasteiger charge is -2.04. The summed E-state index contributed by atoms with van der Waals surface area (Å²) in [5, 5.41) is 4.72. The normalized spacial score (nSPS) is 9.73. The number of nitrogens with two attached hydrogens (primary N) is 1. The fourth-order valence-electron chi connectivity index (χ4n) is 0.953. The van der Waals surface area contributed by atoms with Gasteiger partial charge in [0.15, 0.2) is 0 Å². The number of hydrogen-bond donors (Lipinski definition) is 2. The standard InChI is InChI=1S/C9H12N2O3S/c1-2-14-9(13)6-3-4-15-8(6)11-7(12)5-10/h3-4H,2,5,10H2,1H3,(H,11,12). The van der Waals surface area contributed by atoms with Crippen molar-refractivity contribution in [2.75, 3.05) is 18.5 Å². The van der Waals surface area contributed by atoms with Crippen LogP contribution >= 0.6 is 11.3 Å². The number of hydrogen-bond acceptors (Lipinski definition) is 5. The Morgan fingerprint density at radius 3 is 2.93 bits per heavy atom.